The molecule has 0 atom stereocenters. The van der Waals surface area contributed by atoms with Gasteiger partial charge in [0.1, 0.15) is 19.8 Å². The van der Waals surface area contributed by atoms with E-state index in [0.29, 0.717) is 36.9 Å². The third-order valence-electron chi connectivity index (χ3n) is 4.99. The summed E-state index contributed by atoms with van der Waals surface area (Å²) in [6.07, 6.45) is 0.738. The molecular weight excluding hydrogens is 418 g/mol. The molecule has 0 aromatic heterocycles. The zero-order chi connectivity index (χ0) is 22.3. The zero-order valence-electron chi connectivity index (χ0n) is 17.9. The minimum atomic E-state index is -3.65. The van der Waals surface area contributed by atoms with Crippen LogP contribution in [0.3, 0.4) is 0 Å². The minimum absolute atomic E-state index is 0.114. The number of nitrogens with zero attached hydrogens (tertiary/aromatic N) is 2. The largest absolute Gasteiger partial charge is 0.486 e. The lowest BCUT2D eigenvalue weighted by Gasteiger charge is -2.26. The van der Waals surface area contributed by atoms with Gasteiger partial charge in [-0.15, -0.1) is 0 Å². The van der Waals surface area contributed by atoms with Crippen LogP contribution in [-0.2, 0) is 14.8 Å². The average Bonchev–Trinajstić information content (AvgIpc) is 2.80. The third-order valence-corrected chi connectivity index (χ3v) is 6.73. The van der Waals surface area contributed by atoms with Gasteiger partial charge in [-0.3, -0.25) is 9.10 Å². The van der Waals surface area contributed by atoms with E-state index in [4.69, 9.17) is 9.47 Å². The number of sulfonamides is 1. The van der Waals surface area contributed by atoms with Crippen molar-refractivity contribution in [2.75, 3.05) is 54.9 Å². The van der Waals surface area contributed by atoms with Crippen molar-refractivity contribution in [3.8, 4) is 11.5 Å². The van der Waals surface area contributed by atoms with Crippen molar-refractivity contribution >= 4 is 27.3 Å². The molecule has 1 aliphatic rings. The van der Waals surface area contributed by atoms with Crippen LogP contribution in [0.5, 0.6) is 11.5 Å². The Morgan fingerprint density at radius 3 is 2.45 bits per heavy atom. The van der Waals surface area contributed by atoms with E-state index < -0.39 is 10.0 Å². The summed E-state index contributed by atoms with van der Waals surface area (Å²) >= 11 is 0. The number of hydrogen-bond donors (Lipinski definition) is 1. The van der Waals surface area contributed by atoms with Crippen LogP contribution >= 0.6 is 0 Å². The van der Waals surface area contributed by atoms with Gasteiger partial charge in [0, 0.05) is 31.9 Å². The number of carbonyl (C=O) groups excluding carboxylic acids is 1. The predicted molar refractivity (Wildman–Crippen MR) is 122 cm³/mol. The fraction of sp³-hybridized carbons (Fsp3) is 0.409. The van der Waals surface area contributed by atoms with Crippen LogP contribution in [0.2, 0.25) is 0 Å². The third kappa shape index (κ3) is 6.04. The Bertz CT molecular complexity index is 982. The molecule has 0 saturated heterocycles. The average molecular weight is 448 g/mol. The standard InChI is InChI=1S/C22H29N3O5S/c1-3-31(27,28)25(19-10-11-20-21(16-19)30-15-14-29-20)17-22(26)23-12-7-13-24(2)18-8-5-4-6-9-18/h4-6,8-11,16H,3,7,12-15,17H2,1-2H3,(H,23,26). The molecule has 1 aliphatic heterocycles. The molecule has 0 fully saturated rings. The molecule has 3 rings (SSSR count). The van der Waals surface area contributed by atoms with E-state index >= 15 is 0 Å². The van der Waals surface area contributed by atoms with Crippen molar-refractivity contribution in [1.29, 1.82) is 0 Å². The molecule has 8 nitrogen and oxygen atoms in total. The van der Waals surface area contributed by atoms with E-state index in [2.05, 4.69) is 10.2 Å². The molecule has 0 saturated carbocycles. The Kier molecular flexibility index (Phi) is 7.62. The summed E-state index contributed by atoms with van der Waals surface area (Å²) in [7, 11) is -1.65. The quantitative estimate of drug-likeness (QED) is 0.562. The maximum Gasteiger partial charge on any atom is 0.240 e. The van der Waals surface area contributed by atoms with Gasteiger partial charge < -0.3 is 19.7 Å². The van der Waals surface area contributed by atoms with Crippen molar-refractivity contribution in [1.82, 2.24) is 5.32 Å². The van der Waals surface area contributed by atoms with E-state index in [0.717, 1.165) is 23.0 Å². The van der Waals surface area contributed by atoms with E-state index in [9.17, 15) is 13.2 Å². The topological polar surface area (TPSA) is 88.2 Å². The normalized spacial score (nSPS) is 12.8. The Morgan fingerprint density at radius 2 is 1.74 bits per heavy atom. The van der Waals surface area contributed by atoms with Gasteiger partial charge in [-0.1, -0.05) is 18.2 Å². The van der Waals surface area contributed by atoms with Crippen LogP contribution in [-0.4, -0.2) is 60.0 Å². The maximum atomic E-state index is 12.6. The van der Waals surface area contributed by atoms with Gasteiger partial charge in [-0.05, 0) is 37.6 Å². The molecule has 1 amide bonds. The lowest BCUT2D eigenvalue weighted by Crippen LogP contribution is -2.42. The van der Waals surface area contributed by atoms with Crippen molar-refractivity contribution < 1.29 is 22.7 Å². The number of amides is 1. The summed E-state index contributed by atoms with van der Waals surface area (Å²) in [5.74, 6) is 0.575. The minimum Gasteiger partial charge on any atom is -0.486 e. The first kappa shape index (κ1) is 22.7. The van der Waals surface area contributed by atoms with Crippen molar-refractivity contribution in [3.63, 3.8) is 0 Å². The Morgan fingerprint density at radius 1 is 1.03 bits per heavy atom. The summed E-state index contributed by atoms with van der Waals surface area (Å²) < 4.78 is 37.5. The highest BCUT2D eigenvalue weighted by Gasteiger charge is 2.25. The molecule has 1 heterocycles. The van der Waals surface area contributed by atoms with Gasteiger partial charge in [-0.2, -0.15) is 0 Å². The SMILES string of the molecule is CCS(=O)(=O)N(CC(=O)NCCCN(C)c1ccccc1)c1ccc2c(c1)OCCO2. The highest BCUT2D eigenvalue weighted by molar-refractivity contribution is 7.92. The van der Waals surface area contributed by atoms with Gasteiger partial charge in [-0.25, -0.2) is 8.42 Å². The molecule has 31 heavy (non-hydrogen) atoms. The molecule has 0 bridgehead atoms. The van der Waals surface area contributed by atoms with Crippen LogP contribution in [0.15, 0.2) is 48.5 Å². The number of rotatable bonds is 10. The number of ether oxygens (including phenoxy) is 2. The maximum absolute atomic E-state index is 12.6. The molecule has 1 N–H and O–H groups in total. The molecule has 168 valence electrons. The molecule has 2 aromatic rings. The van der Waals surface area contributed by atoms with Gasteiger partial charge in [0.05, 0.1) is 11.4 Å². The molecule has 0 spiro atoms. The van der Waals surface area contributed by atoms with Crippen LogP contribution in [0.1, 0.15) is 13.3 Å². The van der Waals surface area contributed by atoms with Crippen LogP contribution < -0.4 is 24.0 Å². The molecular formula is C22H29N3O5S. The van der Waals surface area contributed by atoms with Crippen molar-refractivity contribution in [2.45, 2.75) is 13.3 Å². The van der Waals surface area contributed by atoms with Gasteiger partial charge >= 0.3 is 0 Å². The molecule has 0 aliphatic carbocycles. The van der Waals surface area contributed by atoms with E-state index in [1.54, 1.807) is 25.1 Å². The lowest BCUT2D eigenvalue weighted by atomic mass is 10.2. The Labute approximate surface area is 183 Å². The Balaban J connectivity index is 1.58. The fourth-order valence-corrected chi connectivity index (χ4v) is 4.30. The summed E-state index contributed by atoms with van der Waals surface area (Å²) in [6.45, 7) is 3.34. The zero-order valence-corrected chi connectivity index (χ0v) is 18.7. The second kappa shape index (κ2) is 10.4. The first-order valence-corrected chi connectivity index (χ1v) is 11.9. The number of anilines is 2. The highest BCUT2D eigenvalue weighted by Crippen LogP contribution is 2.34. The summed E-state index contributed by atoms with van der Waals surface area (Å²) in [4.78, 5) is 14.6. The van der Waals surface area contributed by atoms with Gasteiger partial charge in [0.15, 0.2) is 11.5 Å². The van der Waals surface area contributed by atoms with Crippen molar-refractivity contribution in [2.24, 2.45) is 0 Å². The monoisotopic (exact) mass is 447 g/mol. The molecule has 0 unspecified atom stereocenters. The highest BCUT2D eigenvalue weighted by atomic mass is 32.2. The smallest absolute Gasteiger partial charge is 0.240 e. The number of benzene rings is 2. The first-order valence-electron chi connectivity index (χ1n) is 10.3. The molecule has 2 aromatic carbocycles. The van der Waals surface area contributed by atoms with Crippen LogP contribution in [0.4, 0.5) is 11.4 Å². The number of carbonyl (C=O) groups is 1. The predicted octanol–water partition coefficient (Wildman–Crippen LogP) is 2.26. The summed E-state index contributed by atoms with van der Waals surface area (Å²) in [5, 5.41) is 2.82. The van der Waals surface area contributed by atoms with Gasteiger partial charge in [0.25, 0.3) is 0 Å². The fourth-order valence-electron chi connectivity index (χ4n) is 3.24. The summed E-state index contributed by atoms with van der Waals surface area (Å²) in [6, 6.07) is 14.9. The van der Waals surface area contributed by atoms with Gasteiger partial charge in [0.2, 0.25) is 15.9 Å². The molecule has 9 heteroatoms. The Hall–Kier alpha value is -2.94. The second-order valence-corrected chi connectivity index (χ2v) is 9.38. The molecule has 0 radical (unpaired) electrons. The van der Waals surface area contributed by atoms with Crippen LogP contribution in [0.25, 0.3) is 0 Å². The van der Waals surface area contributed by atoms with Crippen molar-refractivity contribution in [3.05, 3.63) is 48.5 Å². The first-order chi connectivity index (χ1) is 14.9. The summed E-state index contributed by atoms with van der Waals surface area (Å²) in [5.41, 5.74) is 1.48. The number of fused-ring (bicyclic) bond motifs is 1. The number of nitrogens with one attached hydrogen (secondary N) is 1. The van der Waals surface area contributed by atoms with E-state index in [-0.39, 0.29) is 18.2 Å². The van der Waals surface area contributed by atoms with Crippen LogP contribution in [0, 0.1) is 0 Å². The second-order valence-electron chi connectivity index (χ2n) is 7.20. The lowest BCUT2D eigenvalue weighted by molar-refractivity contribution is -0.119. The number of para-hydroxylation sites is 1. The van der Waals surface area contributed by atoms with E-state index in [1.165, 1.54) is 0 Å². The number of hydrogen-bond acceptors (Lipinski definition) is 6. The van der Waals surface area contributed by atoms with E-state index in [1.807, 2.05) is 37.4 Å².